The van der Waals surface area contributed by atoms with Crippen molar-refractivity contribution in [1.82, 2.24) is 0 Å². The van der Waals surface area contributed by atoms with Gasteiger partial charge >= 0.3 is 0 Å². The van der Waals surface area contributed by atoms with E-state index < -0.39 is 0 Å². The summed E-state index contributed by atoms with van der Waals surface area (Å²) in [5.41, 5.74) is 3.31. The van der Waals surface area contributed by atoms with Crippen LogP contribution in [0.2, 0.25) is 10.0 Å². The molecule has 1 fully saturated rings. The Hall–Kier alpha value is -0.200. The molecule has 0 radical (unpaired) electrons. The third-order valence-corrected chi connectivity index (χ3v) is 5.48. The second-order valence-corrected chi connectivity index (χ2v) is 6.31. The van der Waals surface area contributed by atoms with E-state index in [0.29, 0.717) is 16.4 Å². The average molecular weight is 255 g/mol. The second-order valence-electron chi connectivity index (χ2n) is 5.53. The first-order chi connectivity index (χ1) is 7.62. The van der Waals surface area contributed by atoms with Crippen molar-refractivity contribution < 1.29 is 0 Å². The zero-order chi connectivity index (χ0) is 11.3. The topological polar surface area (TPSA) is 0 Å². The third-order valence-electron chi connectivity index (χ3n) is 4.64. The SMILES string of the molecule is C[C@]12CCC[C@H]1c1ccc(Cl)c(Cl)c1CC2. The zero-order valence-electron chi connectivity index (χ0n) is 9.52. The summed E-state index contributed by atoms with van der Waals surface area (Å²) in [5.74, 6) is 0.714. The van der Waals surface area contributed by atoms with Crippen LogP contribution in [0.5, 0.6) is 0 Å². The first-order valence-electron chi connectivity index (χ1n) is 6.08. The van der Waals surface area contributed by atoms with Crippen LogP contribution in [-0.2, 0) is 6.42 Å². The first kappa shape index (κ1) is 10.9. The van der Waals surface area contributed by atoms with Crippen molar-refractivity contribution in [2.75, 3.05) is 0 Å². The van der Waals surface area contributed by atoms with E-state index in [9.17, 15) is 0 Å². The molecule has 0 aliphatic heterocycles. The molecule has 1 aromatic rings. The highest BCUT2D eigenvalue weighted by Gasteiger charge is 2.43. The molecule has 0 unspecified atom stereocenters. The fourth-order valence-electron chi connectivity index (χ4n) is 3.66. The molecule has 0 heterocycles. The van der Waals surface area contributed by atoms with Crippen molar-refractivity contribution >= 4 is 23.2 Å². The lowest BCUT2D eigenvalue weighted by Crippen LogP contribution is -2.26. The molecule has 1 saturated carbocycles. The summed E-state index contributed by atoms with van der Waals surface area (Å²) in [6.07, 6.45) is 6.42. The Morgan fingerprint density at radius 1 is 1.25 bits per heavy atom. The Labute approximate surface area is 107 Å². The largest absolute Gasteiger partial charge is 0.0827 e. The number of hydrogen-bond acceptors (Lipinski definition) is 0. The summed E-state index contributed by atoms with van der Waals surface area (Å²) in [7, 11) is 0. The van der Waals surface area contributed by atoms with Gasteiger partial charge < -0.3 is 0 Å². The van der Waals surface area contributed by atoms with E-state index in [0.717, 1.165) is 11.4 Å². The van der Waals surface area contributed by atoms with Gasteiger partial charge in [0, 0.05) is 0 Å². The Morgan fingerprint density at radius 2 is 2.06 bits per heavy atom. The molecule has 2 aliphatic rings. The Kier molecular flexibility index (Phi) is 2.49. The predicted molar refractivity (Wildman–Crippen MR) is 69.5 cm³/mol. The van der Waals surface area contributed by atoms with E-state index in [4.69, 9.17) is 23.2 Å². The third kappa shape index (κ3) is 1.43. The lowest BCUT2D eigenvalue weighted by Gasteiger charge is -2.38. The molecule has 2 aliphatic carbocycles. The quantitative estimate of drug-likeness (QED) is 0.596. The van der Waals surface area contributed by atoms with Gasteiger partial charge in [-0.2, -0.15) is 0 Å². The maximum Gasteiger partial charge on any atom is 0.0627 e. The Bertz CT molecular complexity index is 439. The fourth-order valence-corrected chi connectivity index (χ4v) is 4.11. The molecule has 0 amide bonds. The minimum atomic E-state index is 0.518. The summed E-state index contributed by atoms with van der Waals surface area (Å²) in [6.45, 7) is 2.44. The summed E-state index contributed by atoms with van der Waals surface area (Å²) in [6, 6.07) is 4.17. The van der Waals surface area contributed by atoms with Crippen LogP contribution in [-0.4, -0.2) is 0 Å². The highest BCUT2D eigenvalue weighted by Crippen LogP contribution is 2.56. The van der Waals surface area contributed by atoms with Gasteiger partial charge in [-0.05, 0) is 54.2 Å². The molecule has 0 N–H and O–H groups in total. The lowest BCUT2D eigenvalue weighted by atomic mass is 9.67. The predicted octanol–water partition coefficient (Wildman–Crippen LogP) is 5.21. The van der Waals surface area contributed by atoms with Crippen molar-refractivity contribution in [1.29, 1.82) is 0 Å². The normalized spacial score (nSPS) is 32.3. The maximum absolute atomic E-state index is 6.32. The minimum Gasteiger partial charge on any atom is -0.0827 e. The first-order valence-corrected chi connectivity index (χ1v) is 6.84. The van der Waals surface area contributed by atoms with Crippen LogP contribution < -0.4 is 0 Å². The molecular formula is C14H16Cl2. The van der Waals surface area contributed by atoms with E-state index >= 15 is 0 Å². The van der Waals surface area contributed by atoms with Crippen LogP contribution in [0.15, 0.2) is 12.1 Å². The van der Waals surface area contributed by atoms with E-state index in [-0.39, 0.29) is 0 Å². The number of hydrogen-bond donors (Lipinski definition) is 0. The van der Waals surface area contributed by atoms with E-state index in [1.54, 1.807) is 0 Å². The number of rotatable bonds is 0. The average Bonchev–Trinajstić information content (AvgIpc) is 2.65. The zero-order valence-corrected chi connectivity index (χ0v) is 11.0. The molecule has 0 nitrogen and oxygen atoms in total. The van der Waals surface area contributed by atoms with Crippen LogP contribution in [0.4, 0.5) is 0 Å². The van der Waals surface area contributed by atoms with Gasteiger partial charge in [-0.3, -0.25) is 0 Å². The number of fused-ring (bicyclic) bond motifs is 3. The highest BCUT2D eigenvalue weighted by molar-refractivity contribution is 6.42. The van der Waals surface area contributed by atoms with Gasteiger partial charge in [0.15, 0.2) is 0 Å². The van der Waals surface area contributed by atoms with Crippen molar-refractivity contribution in [3.8, 4) is 0 Å². The lowest BCUT2D eigenvalue weighted by molar-refractivity contribution is 0.252. The summed E-state index contributed by atoms with van der Waals surface area (Å²) in [5, 5.41) is 1.51. The molecule has 0 spiro atoms. The van der Waals surface area contributed by atoms with Gasteiger partial charge in [0.1, 0.15) is 0 Å². The summed E-state index contributed by atoms with van der Waals surface area (Å²) < 4.78 is 0. The van der Waals surface area contributed by atoms with Crippen LogP contribution >= 0.6 is 23.2 Å². The Morgan fingerprint density at radius 3 is 2.88 bits per heavy atom. The number of halogens is 2. The molecule has 86 valence electrons. The van der Waals surface area contributed by atoms with E-state index in [1.165, 1.54) is 36.8 Å². The van der Waals surface area contributed by atoms with Crippen LogP contribution in [0, 0.1) is 5.41 Å². The maximum atomic E-state index is 6.32. The molecule has 0 bridgehead atoms. The standard InChI is InChI=1S/C14H16Cl2/c1-14-7-2-3-11(14)9-4-5-12(15)13(16)10(9)6-8-14/h4-5,11H,2-3,6-8H2,1H3/t11-,14+/m0/s1. The summed E-state index contributed by atoms with van der Waals surface area (Å²) >= 11 is 12.4. The molecule has 2 heteroatoms. The molecule has 0 saturated heterocycles. The van der Waals surface area contributed by atoms with E-state index in [2.05, 4.69) is 13.0 Å². The van der Waals surface area contributed by atoms with Gasteiger partial charge in [-0.25, -0.2) is 0 Å². The molecule has 3 rings (SSSR count). The van der Waals surface area contributed by atoms with Crippen molar-refractivity contribution in [2.24, 2.45) is 5.41 Å². The van der Waals surface area contributed by atoms with Gasteiger partial charge in [-0.1, -0.05) is 42.6 Å². The smallest absolute Gasteiger partial charge is 0.0627 e. The van der Waals surface area contributed by atoms with Crippen LogP contribution in [0.1, 0.15) is 49.7 Å². The monoisotopic (exact) mass is 254 g/mol. The van der Waals surface area contributed by atoms with Gasteiger partial charge in [-0.15, -0.1) is 0 Å². The summed E-state index contributed by atoms with van der Waals surface area (Å²) in [4.78, 5) is 0. The van der Waals surface area contributed by atoms with Crippen molar-refractivity contribution in [3.05, 3.63) is 33.3 Å². The van der Waals surface area contributed by atoms with Gasteiger partial charge in [0.2, 0.25) is 0 Å². The Balaban J connectivity index is 2.14. The van der Waals surface area contributed by atoms with Crippen LogP contribution in [0.3, 0.4) is 0 Å². The van der Waals surface area contributed by atoms with Gasteiger partial charge in [0.05, 0.1) is 10.0 Å². The molecule has 1 aromatic carbocycles. The second kappa shape index (κ2) is 3.65. The van der Waals surface area contributed by atoms with Crippen molar-refractivity contribution in [3.63, 3.8) is 0 Å². The van der Waals surface area contributed by atoms with Crippen LogP contribution in [0.25, 0.3) is 0 Å². The van der Waals surface area contributed by atoms with Gasteiger partial charge in [0.25, 0.3) is 0 Å². The van der Waals surface area contributed by atoms with Crippen molar-refractivity contribution in [2.45, 2.75) is 44.9 Å². The van der Waals surface area contributed by atoms with E-state index in [1.807, 2.05) is 6.07 Å². The molecular weight excluding hydrogens is 239 g/mol. The molecule has 16 heavy (non-hydrogen) atoms. The number of benzene rings is 1. The molecule has 2 atom stereocenters. The highest BCUT2D eigenvalue weighted by atomic mass is 35.5. The molecule has 0 aromatic heterocycles. The minimum absolute atomic E-state index is 0.518. The fraction of sp³-hybridized carbons (Fsp3) is 0.571.